The van der Waals surface area contributed by atoms with E-state index in [1.54, 1.807) is 12.1 Å². The molecule has 3 amide bonds. The number of carbonyl (C=O) groups excluding carboxylic acids is 4. The number of benzene rings is 2. The van der Waals surface area contributed by atoms with Crippen molar-refractivity contribution in [1.29, 1.82) is 0 Å². The van der Waals surface area contributed by atoms with Crippen LogP contribution in [0.25, 0.3) is 0 Å². The zero-order chi connectivity index (χ0) is 25.2. The van der Waals surface area contributed by atoms with Crippen LogP contribution in [0.4, 0.5) is 5.69 Å². The highest BCUT2D eigenvalue weighted by Crippen LogP contribution is 2.25. The predicted molar refractivity (Wildman–Crippen MR) is 122 cm³/mol. The molecule has 11 nitrogen and oxygen atoms in total. The van der Waals surface area contributed by atoms with E-state index in [4.69, 9.17) is 9.47 Å². The monoisotopic (exact) mass is 501 g/mol. The second-order valence-electron chi connectivity index (χ2n) is 7.90. The van der Waals surface area contributed by atoms with E-state index in [0.29, 0.717) is 13.2 Å². The SMILES string of the molecule is C[C@@H](C(=O)OCC(=O)Nc1cccc(S(=O)(=O)N2CCOCC2)c1)N1C(=O)c2ccccc2C1=O. The van der Waals surface area contributed by atoms with Gasteiger partial charge in [-0.3, -0.25) is 19.3 Å². The Morgan fingerprint density at radius 3 is 2.29 bits per heavy atom. The highest BCUT2D eigenvalue weighted by molar-refractivity contribution is 7.89. The first-order valence-corrected chi connectivity index (χ1v) is 12.3. The first-order chi connectivity index (χ1) is 16.7. The largest absolute Gasteiger partial charge is 0.454 e. The molecule has 0 aromatic heterocycles. The van der Waals surface area contributed by atoms with Gasteiger partial charge >= 0.3 is 5.97 Å². The van der Waals surface area contributed by atoms with E-state index in [-0.39, 0.29) is 34.8 Å². The van der Waals surface area contributed by atoms with Crippen LogP contribution < -0.4 is 5.32 Å². The molecule has 0 radical (unpaired) electrons. The fourth-order valence-electron chi connectivity index (χ4n) is 3.79. The number of morpholine rings is 1. The fraction of sp³-hybridized carbons (Fsp3) is 0.304. The van der Waals surface area contributed by atoms with Crippen molar-refractivity contribution in [2.75, 3.05) is 38.2 Å². The second kappa shape index (κ2) is 9.94. The molecule has 0 bridgehead atoms. The quantitative estimate of drug-likeness (QED) is 0.436. The molecule has 4 rings (SSSR count). The average molecular weight is 502 g/mol. The lowest BCUT2D eigenvalue weighted by molar-refractivity contribution is -0.150. The summed E-state index contributed by atoms with van der Waals surface area (Å²) in [6.45, 7) is 1.73. The molecule has 1 N–H and O–H groups in total. The number of carbonyl (C=O) groups is 4. The van der Waals surface area contributed by atoms with E-state index in [0.717, 1.165) is 4.90 Å². The molecule has 0 saturated carbocycles. The van der Waals surface area contributed by atoms with Crippen molar-refractivity contribution in [2.45, 2.75) is 17.9 Å². The summed E-state index contributed by atoms with van der Waals surface area (Å²) >= 11 is 0. The molecule has 2 aromatic carbocycles. The number of rotatable bonds is 7. The molecular weight excluding hydrogens is 478 g/mol. The minimum atomic E-state index is -3.75. The van der Waals surface area contributed by atoms with Crippen molar-refractivity contribution in [2.24, 2.45) is 0 Å². The minimum absolute atomic E-state index is 0.00782. The number of ether oxygens (including phenoxy) is 2. The van der Waals surface area contributed by atoms with Gasteiger partial charge in [-0.2, -0.15) is 4.31 Å². The molecule has 0 unspecified atom stereocenters. The molecule has 2 aliphatic heterocycles. The number of imide groups is 1. The smallest absolute Gasteiger partial charge is 0.329 e. The van der Waals surface area contributed by atoms with Crippen molar-refractivity contribution < 1.29 is 37.1 Å². The molecule has 2 aromatic rings. The van der Waals surface area contributed by atoms with Gasteiger partial charge in [-0.05, 0) is 37.3 Å². The molecule has 2 aliphatic rings. The van der Waals surface area contributed by atoms with Crippen LogP contribution in [-0.2, 0) is 29.1 Å². The summed E-state index contributed by atoms with van der Waals surface area (Å²) < 4.78 is 37.1. The van der Waals surface area contributed by atoms with Crippen molar-refractivity contribution >= 4 is 39.4 Å². The van der Waals surface area contributed by atoms with Gasteiger partial charge in [0.25, 0.3) is 17.7 Å². The van der Waals surface area contributed by atoms with Gasteiger partial charge in [0, 0.05) is 18.8 Å². The summed E-state index contributed by atoms with van der Waals surface area (Å²) in [4.78, 5) is 50.6. The predicted octanol–water partition coefficient (Wildman–Crippen LogP) is 0.874. The Hall–Kier alpha value is -3.61. The Kier molecular flexibility index (Phi) is 6.96. The summed E-state index contributed by atoms with van der Waals surface area (Å²) in [6, 6.07) is 10.7. The standard InChI is InChI=1S/C23H23N3O8S/c1-15(26-21(28)18-7-2-3-8-19(18)22(26)29)23(30)34-14-20(27)24-16-5-4-6-17(13-16)35(31,32)25-9-11-33-12-10-25/h2-8,13,15H,9-12,14H2,1H3,(H,24,27)/t15-/m0/s1. The lowest BCUT2D eigenvalue weighted by atomic mass is 10.1. The zero-order valence-corrected chi connectivity index (χ0v) is 19.6. The zero-order valence-electron chi connectivity index (χ0n) is 18.8. The van der Waals surface area contributed by atoms with E-state index in [2.05, 4.69) is 5.32 Å². The van der Waals surface area contributed by atoms with E-state index < -0.39 is 46.4 Å². The van der Waals surface area contributed by atoms with Crippen LogP contribution in [0.2, 0.25) is 0 Å². The molecule has 12 heteroatoms. The van der Waals surface area contributed by atoms with Gasteiger partial charge in [-0.25, -0.2) is 13.2 Å². The topological polar surface area (TPSA) is 139 Å². The van der Waals surface area contributed by atoms with Gasteiger partial charge in [-0.15, -0.1) is 0 Å². The summed E-state index contributed by atoms with van der Waals surface area (Å²) in [7, 11) is -3.75. The van der Waals surface area contributed by atoms with Gasteiger partial charge in [0.05, 0.1) is 29.2 Å². The molecule has 1 atom stereocenters. The van der Waals surface area contributed by atoms with Crippen LogP contribution in [0.5, 0.6) is 0 Å². The number of anilines is 1. The van der Waals surface area contributed by atoms with Crippen LogP contribution in [0.1, 0.15) is 27.6 Å². The fourth-order valence-corrected chi connectivity index (χ4v) is 5.24. The van der Waals surface area contributed by atoms with Crippen molar-refractivity contribution in [3.05, 3.63) is 59.7 Å². The number of nitrogens with zero attached hydrogens (tertiary/aromatic N) is 2. The Morgan fingerprint density at radius 1 is 1.03 bits per heavy atom. The maximum absolute atomic E-state index is 12.8. The lowest BCUT2D eigenvalue weighted by Gasteiger charge is -2.26. The molecule has 184 valence electrons. The molecule has 1 fully saturated rings. The Bertz CT molecular complexity index is 1250. The van der Waals surface area contributed by atoms with Crippen LogP contribution >= 0.6 is 0 Å². The summed E-state index contributed by atoms with van der Waals surface area (Å²) in [5.74, 6) is -2.87. The Labute approximate surface area is 201 Å². The lowest BCUT2D eigenvalue weighted by Crippen LogP contribution is -2.44. The van der Waals surface area contributed by atoms with Gasteiger partial charge in [0.2, 0.25) is 10.0 Å². The van der Waals surface area contributed by atoms with Gasteiger partial charge < -0.3 is 14.8 Å². The maximum atomic E-state index is 12.8. The second-order valence-corrected chi connectivity index (χ2v) is 9.84. The van der Waals surface area contributed by atoms with Crippen LogP contribution in [-0.4, -0.2) is 80.3 Å². The van der Waals surface area contributed by atoms with Crippen LogP contribution in [0.15, 0.2) is 53.4 Å². The average Bonchev–Trinajstić information content (AvgIpc) is 3.12. The van der Waals surface area contributed by atoms with Crippen LogP contribution in [0.3, 0.4) is 0 Å². The molecule has 2 heterocycles. The maximum Gasteiger partial charge on any atom is 0.329 e. The summed E-state index contributed by atoms with van der Waals surface area (Å²) in [5.41, 5.74) is 0.595. The first kappa shape index (κ1) is 24.5. The van der Waals surface area contributed by atoms with Gasteiger partial charge in [0.1, 0.15) is 6.04 Å². The normalized spacial score (nSPS) is 17.1. The number of esters is 1. The van der Waals surface area contributed by atoms with Gasteiger partial charge in [-0.1, -0.05) is 18.2 Å². The molecule has 1 saturated heterocycles. The Morgan fingerprint density at radius 2 is 1.66 bits per heavy atom. The number of hydrogen-bond donors (Lipinski definition) is 1. The van der Waals surface area contributed by atoms with Crippen molar-refractivity contribution in [3.63, 3.8) is 0 Å². The third-order valence-corrected chi connectivity index (χ3v) is 7.52. The van der Waals surface area contributed by atoms with E-state index >= 15 is 0 Å². The number of fused-ring (bicyclic) bond motifs is 1. The third kappa shape index (κ3) is 4.94. The van der Waals surface area contributed by atoms with Crippen molar-refractivity contribution in [3.8, 4) is 0 Å². The first-order valence-electron chi connectivity index (χ1n) is 10.8. The molecule has 0 aliphatic carbocycles. The van der Waals surface area contributed by atoms with E-state index in [1.807, 2.05) is 0 Å². The molecular formula is C23H23N3O8S. The summed E-state index contributed by atoms with van der Waals surface area (Å²) in [5, 5.41) is 2.48. The molecule has 0 spiro atoms. The minimum Gasteiger partial charge on any atom is -0.454 e. The number of sulfonamides is 1. The summed E-state index contributed by atoms with van der Waals surface area (Å²) in [6.07, 6.45) is 0. The number of hydrogen-bond acceptors (Lipinski definition) is 8. The Balaban J connectivity index is 1.35. The van der Waals surface area contributed by atoms with Crippen molar-refractivity contribution in [1.82, 2.24) is 9.21 Å². The van der Waals surface area contributed by atoms with Gasteiger partial charge in [0.15, 0.2) is 6.61 Å². The van der Waals surface area contributed by atoms with E-state index in [9.17, 15) is 27.6 Å². The third-order valence-electron chi connectivity index (χ3n) is 5.63. The highest BCUT2D eigenvalue weighted by atomic mass is 32.2. The number of amides is 3. The van der Waals surface area contributed by atoms with Crippen LogP contribution in [0, 0.1) is 0 Å². The molecule has 35 heavy (non-hydrogen) atoms. The van der Waals surface area contributed by atoms with E-state index in [1.165, 1.54) is 47.6 Å². The number of nitrogens with one attached hydrogen (secondary N) is 1. The highest BCUT2D eigenvalue weighted by Gasteiger charge is 2.41.